The molecule has 0 bridgehead atoms. The molecule has 7 nitrogen and oxygen atoms in total. The lowest BCUT2D eigenvalue weighted by Crippen LogP contribution is -2.44. The van der Waals surface area contributed by atoms with Crippen molar-refractivity contribution in [1.82, 2.24) is 14.9 Å². The average Bonchev–Trinajstić information content (AvgIpc) is 2.56. The molecule has 0 aromatic carbocycles. The lowest BCUT2D eigenvalue weighted by Gasteiger charge is -2.30. The number of nitrogens with one attached hydrogen (secondary N) is 2. The van der Waals surface area contributed by atoms with Crippen molar-refractivity contribution in [2.75, 3.05) is 52.2 Å². The second-order valence-corrected chi connectivity index (χ2v) is 7.97. The summed E-state index contributed by atoms with van der Waals surface area (Å²) in [6, 6.07) is 0. The van der Waals surface area contributed by atoms with Crippen LogP contribution in [0.3, 0.4) is 0 Å². The highest BCUT2D eigenvalue weighted by Gasteiger charge is 2.30. The summed E-state index contributed by atoms with van der Waals surface area (Å²) < 4.78 is 30.7. The predicted octanol–water partition coefficient (Wildman–Crippen LogP) is 0.602. The van der Waals surface area contributed by atoms with Crippen molar-refractivity contribution in [2.45, 2.75) is 32.6 Å². The number of hydrogen-bond donors (Lipinski definition) is 2. The number of rotatable bonds is 11. The maximum absolute atomic E-state index is 12.1. The van der Waals surface area contributed by atoms with Crippen LogP contribution in [-0.4, -0.2) is 70.8 Å². The molecule has 1 rings (SSSR count). The van der Waals surface area contributed by atoms with Gasteiger partial charge in [0.25, 0.3) is 0 Å². The Balaban J connectivity index is 0.00000529. The SMILES string of the molecule is CCCCS(=O)(=O)N1CCC(C(=O)NCCNCCOC)CC1.Cl. The lowest BCUT2D eigenvalue weighted by molar-refractivity contribution is -0.126. The summed E-state index contributed by atoms with van der Waals surface area (Å²) in [4.78, 5) is 12.1. The van der Waals surface area contributed by atoms with Gasteiger partial charge >= 0.3 is 0 Å². The monoisotopic (exact) mass is 385 g/mol. The van der Waals surface area contributed by atoms with Crippen LogP contribution >= 0.6 is 12.4 Å². The zero-order valence-corrected chi connectivity index (χ0v) is 16.4. The van der Waals surface area contributed by atoms with E-state index in [-0.39, 0.29) is 30.0 Å². The van der Waals surface area contributed by atoms with Crippen molar-refractivity contribution in [2.24, 2.45) is 5.92 Å². The molecule has 144 valence electrons. The van der Waals surface area contributed by atoms with Gasteiger partial charge in [0.15, 0.2) is 0 Å². The minimum Gasteiger partial charge on any atom is -0.383 e. The Bertz CT molecular complexity index is 440. The molecule has 1 amide bonds. The van der Waals surface area contributed by atoms with Crippen molar-refractivity contribution in [3.63, 3.8) is 0 Å². The van der Waals surface area contributed by atoms with Crippen molar-refractivity contribution < 1.29 is 17.9 Å². The third-order valence-electron chi connectivity index (χ3n) is 4.06. The molecular formula is C15H32ClN3O4S. The molecule has 1 saturated heterocycles. The number of sulfonamides is 1. The molecule has 1 aliphatic heterocycles. The van der Waals surface area contributed by atoms with Gasteiger partial charge in [-0.15, -0.1) is 12.4 Å². The minimum absolute atomic E-state index is 0. The summed E-state index contributed by atoms with van der Waals surface area (Å²) in [7, 11) is -1.49. The highest BCUT2D eigenvalue weighted by Crippen LogP contribution is 2.20. The third kappa shape index (κ3) is 8.62. The van der Waals surface area contributed by atoms with E-state index in [1.807, 2.05) is 6.92 Å². The Morgan fingerprint density at radius 1 is 1.21 bits per heavy atom. The summed E-state index contributed by atoms with van der Waals surface area (Å²) in [5.74, 6) is 0.170. The van der Waals surface area contributed by atoms with Crippen LogP contribution in [0.25, 0.3) is 0 Å². The molecule has 0 unspecified atom stereocenters. The van der Waals surface area contributed by atoms with E-state index in [0.717, 1.165) is 13.0 Å². The van der Waals surface area contributed by atoms with Crippen molar-refractivity contribution in [3.8, 4) is 0 Å². The van der Waals surface area contributed by atoms with E-state index in [2.05, 4.69) is 10.6 Å². The molecule has 0 aromatic rings. The Hall–Kier alpha value is -0.410. The first-order valence-corrected chi connectivity index (χ1v) is 10.1. The Labute approximate surface area is 152 Å². The van der Waals surface area contributed by atoms with Crippen LogP contribution in [0.4, 0.5) is 0 Å². The molecule has 0 radical (unpaired) electrons. The van der Waals surface area contributed by atoms with Crippen LogP contribution in [0.1, 0.15) is 32.6 Å². The molecule has 24 heavy (non-hydrogen) atoms. The second kappa shape index (κ2) is 12.9. The van der Waals surface area contributed by atoms with Crippen LogP contribution in [0.5, 0.6) is 0 Å². The zero-order valence-electron chi connectivity index (χ0n) is 14.8. The number of unbranched alkanes of at least 4 members (excludes halogenated alkanes) is 1. The fraction of sp³-hybridized carbons (Fsp3) is 0.933. The first kappa shape index (κ1) is 23.6. The summed E-state index contributed by atoms with van der Waals surface area (Å²) in [6.45, 7) is 5.60. The molecule has 9 heteroatoms. The van der Waals surface area contributed by atoms with Crippen molar-refractivity contribution >= 4 is 28.3 Å². The number of nitrogens with zero attached hydrogens (tertiary/aromatic N) is 1. The number of carbonyl (C=O) groups excluding carboxylic acids is 1. The zero-order chi connectivity index (χ0) is 17.1. The van der Waals surface area contributed by atoms with E-state index < -0.39 is 10.0 Å². The van der Waals surface area contributed by atoms with Gasteiger partial charge in [-0.3, -0.25) is 4.79 Å². The van der Waals surface area contributed by atoms with Gasteiger partial charge in [-0.2, -0.15) is 0 Å². The van der Waals surface area contributed by atoms with Gasteiger partial charge in [-0.05, 0) is 19.3 Å². The van der Waals surface area contributed by atoms with Crippen LogP contribution < -0.4 is 10.6 Å². The molecule has 0 saturated carbocycles. The van der Waals surface area contributed by atoms with Crippen LogP contribution in [0.15, 0.2) is 0 Å². The molecular weight excluding hydrogens is 354 g/mol. The van der Waals surface area contributed by atoms with Gasteiger partial charge < -0.3 is 15.4 Å². The first-order valence-electron chi connectivity index (χ1n) is 8.46. The molecule has 1 aliphatic rings. The van der Waals surface area contributed by atoms with Gasteiger partial charge in [0.1, 0.15) is 0 Å². The summed E-state index contributed by atoms with van der Waals surface area (Å²) >= 11 is 0. The van der Waals surface area contributed by atoms with Crippen LogP contribution in [-0.2, 0) is 19.6 Å². The van der Waals surface area contributed by atoms with Gasteiger partial charge in [-0.1, -0.05) is 13.3 Å². The maximum Gasteiger partial charge on any atom is 0.223 e. The summed E-state index contributed by atoms with van der Waals surface area (Å²) in [6.07, 6.45) is 2.78. The van der Waals surface area contributed by atoms with Crippen LogP contribution in [0, 0.1) is 5.92 Å². The maximum atomic E-state index is 12.1. The fourth-order valence-corrected chi connectivity index (χ4v) is 4.25. The molecule has 1 fully saturated rings. The Kier molecular flexibility index (Phi) is 12.7. The molecule has 0 aliphatic carbocycles. The number of piperidine rings is 1. The highest BCUT2D eigenvalue weighted by atomic mass is 35.5. The Morgan fingerprint density at radius 2 is 1.88 bits per heavy atom. The minimum atomic E-state index is -3.14. The quantitative estimate of drug-likeness (QED) is 0.508. The topological polar surface area (TPSA) is 87.7 Å². The molecule has 2 N–H and O–H groups in total. The normalized spacial score (nSPS) is 16.6. The predicted molar refractivity (Wildman–Crippen MR) is 98.0 cm³/mol. The standard InChI is InChI=1S/C15H31N3O4S.ClH/c1-3-4-13-23(20,21)18-10-5-14(6-11-18)15(19)17-8-7-16-9-12-22-2;/h14,16H,3-13H2,1-2H3,(H,17,19);1H. The van der Waals surface area contributed by atoms with Gasteiger partial charge in [-0.25, -0.2) is 12.7 Å². The van der Waals surface area contributed by atoms with E-state index in [4.69, 9.17) is 4.74 Å². The summed E-state index contributed by atoms with van der Waals surface area (Å²) in [5, 5.41) is 6.07. The summed E-state index contributed by atoms with van der Waals surface area (Å²) in [5.41, 5.74) is 0. The van der Waals surface area contributed by atoms with Gasteiger partial charge in [0.05, 0.1) is 12.4 Å². The van der Waals surface area contributed by atoms with E-state index in [1.54, 1.807) is 11.4 Å². The van der Waals surface area contributed by atoms with Crippen molar-refractivity contribution in [1.29, 1.82) is 0 Å². The number of hydrogen-bond acceptors (Lipinski definition) is 5. The first-order chi connectivity index (χ1) is 11.0. The average molecular weight is 386 g/mol. The van der Waals surface area contributed by atoms with E-state index in [9.17, 15) is 13.2 Å². The molecule has 0 spiro atoms. The highest BCUT2D eigenvalue weighted by molar-refractivity contribution is 7.89. The smallest absolute Gasteiger partial charge is 0.223 e. The number of amides is 1. The van der Waals surface area contributed by atoms with E-state index in [1.165, 1.54) is 0 Å². The number of carbonyl (C=O) groups is 1. The Morgan fingerprint density at radius 3 is 2.46 bits per heavy atom. The third-order valence-corrected chi connectivity index (χ3v) is 6.01. The van der Waals surface area contributed by atoms with Gasteiger partial charge in [0, 0.05) is 45.8 Å². The largest absolute Gasteiger partial charge is 0.383 e. The lowest BCUT2D eigenvalue weighted by atomic mass is 9.97. The number of methoxy groups -OCH3 is 1. The van der Waals surface area contributed by atoms with E-state index >= 15 is 0 Å². The number of ether oxygens (including phenoxy) is 1. The van der Waals surface area contributed by atoms with E-state index in [0.29, 0.717) is 52.0 Å². The van der Waals surface area contributed by atoms with Gasteiger partial charge in [0.2, 0.25) is 15.9 Å². The van der Waals surface area contributed by atoms with Crippen LogP contribution in [0.2, 0.25) is 0 Å². The second-order valence-electron chi connectivity index (χ2n) is 5.88. The molecule has 0 aromatic heterocycles. The molecule has 1 heterocycles. The fourth-order valence-electron chi connectivity index (χ4n) is 2.57. The number of halogens is 1. The van der Waals surface area contributed by atoms with Crippen molar-refractivity contribution in [3.05, 3.63) is 0 Å². The molecule has 0 atom stereocenters.